The van der Waals surface area contributed by atoms with Crippen molar-refractivity contribution in [1.29, 1.82) is 0 Å². The van der Waals surface area contributed by atoms with Crippen LogP contribution in [0.5, 0.6) is 17.2 Å². The normalized spacial score (nSPS) is 12.0. The van der Waals surface area contributed by atoms with Gasteiger partial charge in [0.1, 0.15) is 5.75 Å². The minimum Gasteiger partial charge on any atom is -0.496 e. The molecular weight excluding hydrogens is 288 g/mol. The molecule has 0 aliphatic heterocycles. The summed E-state index contributed by atoms with van der Waals surface area (Å²) in [6.45, 7) is 0.533. The van der Waals surface area contributed by atoms with Crippen LogP contribution in [0.1, 0.15) is 16.5 Å². The van der Waals surface area contributed by atoms with Gasteiger partial charge in [-0.3, -0.25) is 0 Å². The van der Waals surface area contributed by atoms with Gasteiger partial charge >= 0.3 is 0 Å². The van der Waals surface area contributed by atoms with E-state index in [9.17, 15) is 0 Å². The number of hydrogen-bond acceptors (Lipinski definition) is 6. The monoisotopic (exact) mass is 308 g/mol. The Morgan fingerprint density at radius 3 is 2.29 bits per heavy atom. The van der Waals surface area contributed by atoms with Crippen LogP contribution >= 0.6 is 11.3 Å². The molecule has 1 atom stereocenters. The highest BCUT2D eigenvalue weighted by Gasteiger charge is 2.18. The van der Waals surface area contributed by atoms with E-state index in [1.165, 1.54) is 0 Å². The molecule has 114 valence electrons. The molecule has 1 unspecified atom stereocenters. The molecule has 1 aromatic heterocycles. The van der Waals surface area contributed by atoms with E-state index < -0.39 is 0 Å². The number of benzene rings is 1. The van der Waals surface area contributed by atoms with Gasteiger partial charge in [-0.05, 0) is 18.1 Å². The molecule has 0 aliphatic rings. The van der Waals surface area contributed by atoms with Crippen LogP contribution in [0.25, 0.3) is 0 Å². The van der Waals surface area contributed by atoms with E-state index in [4.69, 9.17) is 19.9 Å². The summed E-state index contributed by atoms with van der Waals surface area (Å²) >= 11 is 1.62. The smallest absolute Gasteiger partial charge is 0.164 e. The van der Waals surface area contributed by atoms with E-state index >= 15 is 0 Å². The maximum atomic E-state index is 5.90. The van der Waals surface area contributed by atoms with Crippen LogP contribution < -0.4 is 19.9 Å². The van der Waals surface area contributed by atoms with Crippen LogP contribution in [0, 0.1) is 0 Å². The predicted octanol–water partition coefficient (Wildman–Crippen LogP) is 2.45. The van der Waals surface area contributed by atoms with Crippen molar-refractivity contribution in [2.24, 2.45) is 5.73 Å². The van der Waals surface area contributed by atoms with Gasteiger partial charge in [-0.25, -0.2) is 4.98 Å². The van der Waals surface area contributed by atoms with Crippen molar-refractivity contribution in [1.82, 2.24) is 4.98 Å². The van der Waals surface area contributed by atoms with Crippen LogP contribution in [-0.4, -0.2) is 32.9 Å². The number of nitrogens with zero attached hydrogens (tertiary/aromatic N) is 1. The molecule has 0 fully saturated rings. The first kappa shape index (κ1) is 15.6. The van der Waals surface area contributed by atoms with Crippen molar-refractivity contribution in [2.45, 2.75) is 12.3 Å². The van der Waals surface area contributed by atoms with Crippen molar-refractivity contribution in [3.63, 3.8) is 0 Å². The lowest BCUT2D eigenvalue weighted by atomic mass is 9.98. The first-order chi connectivity index (χ1) is 10.2. The van der Waals surface area contributed by atoms with Gasteiger partial charge in [-0.15, -0.1) is 11.3 Å². The van der Waals surface area contributed by atoms with E-state index in [-0.39, 0.29) is 5.92 Å². The van der Waals surface area contributed by atoms with Gasteiger partial charge in [0, 0.05) is 30.1 Å². The molecule has 0 amide bonds. The Morgan fingerprint density at radius 1 is 1.10 bits per heavy atom. The molecule has 0 saturated heterocycles. The van der Waals surface area contributed by atoms with Crippen LogP contribution in [-0.2, 0) is 6.42 Å². The molecule has 2 rings (SSSR count). The zero-order valence-electron chi connectivity index (χ0n) is 12.5. The second kappa shape index (κ2) is 7.28. The van der Waals surface area contributed by atoms with Gasteiger partial charge in [-0.2, -0.15) is 0 Å². The zero-order chi connectivity index (χ0) is 15.2. The van der Waals surface area contributed by atoms with E-state index in [0.29, 0.717) is 18.0 Å². The molecular formula is C15H20N2O3S. The Morgan fingerprint density at radius 2 is 1.76 bits per heavy atom. The first-order valence-corrected chi connectivity index (χ1v) is 7.49. The van der Waals surface area contributed by atoms with Gasteiger partial charge in [0.25, 0.3) is 0 Å². The molecule has 1 aromatic carbocycles. The molecule has 21 heavy (non-hydrogen) atoms. The van der Waals surface area contributed by atoms with Crippen LogP contribution in [0.15, 0.2) is 23.7 Å². The third-order valence-corrected chi connectivity index (χ3v) is 4.28. The van der Waals surface area contributed by atoms with Gasteiger partial charge in [-0.1, -0.05) is 0 Å². The highest BCUT2D eigenvalue weighted by molar-refractivity contribution is 7.09. The fraction of sp³-hybridized carbons (Fsp3) is 0.400. The number of hydrogen-bond donors (Lipinski definition) is 1. The maximum Gasteiger partial charge on any atom is 0.164 e. The van der Waals surface area contributed by atoms with Crippen LogP contribution in [0.4, 0.5) is 0 Å². The summed E-state index contributed by atoms with van der Waals surface area (Å²) in [4.78, 5) is 4.36. The van der Waals surface area contributed by atoms with Crippen molar-refractivity contribution in [3.05, 3.63) is 34.3 Å². The van der Waals surface area contributed by atoms with Gasteiger partial charge < -0.3 is 19.9 Å². The minimum atomic E-state index is 0.164. The number of thiazole rings is 1. The fourth-order valence-electron chi connectivity index (χ4n) is 2.22. The van der Waals surface area contributed by atoms with Gasteiger partial charge in [0.2, 0.25) is 0 Å². The summed E-state index contributed by atoms with van der Waals surface area (Å²) in [7, 11) is 4.87. The third-order valence-electron chi connectivity index (χ3n) is 3.34. The summed E-state index contributed by atoms with van der Waals surface area (Å²) in [5.74, 6) is 2.26. The quantitative estimate of drug-likeness (QED) is 0.851. The maximum absolute atomic E-state index is 5.90. The predicted molar refractivity (Wildman–Crippen MR) is 83.7 cm³/mol. The van der Waals surface area contributed by atoms with Crippen molar-refractivity contribution >= 4 is 11.3 Å². The van der Waals surface area contributed by atoms with Crippen molar-refractivity contribution in [2.75, 3.05) is 27.9 Å². The number of ether oxygens (including phenoxy) is 3. The molecule has 6 heteroatoms. The second-order valence-electron chi connectivity index (χ2n) is 4.53. The molecule has 5 nitrogen and oxygen atoms in total. The lowest BCUT2D eigenvalue weighted by Crippen LogP contribution is -2.15. The third kappa shape index (κ3) is 3.46. The van der Waals surface area contributed by atoms with E-state index in [1.807, 2.05) is 17.5 Å². The summed E-state index contributed by atoms with van der Waals surface area (Å²) in [5.41, 5.74) is 6.93. The molecule has 0 aliphatic carbocycles. The Labute approximate surface area is 128 Å². The molecule has 2 aromatic rings. The van der Waals surface area contributed by atoms with Crippen molar-refractivity contribution < 1.29 is 14.2 Å². The number of rotatable bonds is 7. The molecule has 2 N–H and O–H groups in total. The summed E-state index contributed by atoms with van der Waals surface area (Å²) in [6, 6.07) is 3.78. The summed E-state index contributed by atoms with van der Waals surface area (Å²) < 4.78 is 16.1. The molecule has 1 heterocycles. The standard InChI is InChI=1S/C15H20N2O3S/c1-18-12-8-14(20-3)13(19-2)7-10(12)6-11(9-16)15-17-4-5-21-15/h4-5,7-8,11H,6,9,16H2,1-3H3. The van der Waals surface area contributed by atoms with E-state index in [1.54, 1.807) is 38.9 Å². The Kier molecular flexibility index (Phi) is 5.41. The highest BCUT2D eigenvalue weighted by Crippen LogP contribution is 2.36. The Bertz CT molecular complexity index is 573. The number of aromatic nitrogens is 1. The topological polar surface area (TPSA) is 66.6 Å². The Hall–Kier alpha value is -1.79. The first-order valence-electron chi connectivity index (χ1n) is 6.61. The Balaban J connectivity index is 2.33. The largest absolute Gasteiger partial charge is 0.496 e. The number of methoxy groups -OCH3 is 3. The minimum absolute atomic E-state index is 0.164. The molecule has 0 radical (unpaired) electrons. The molecule has 0 saturated carbocycles. The summed E-state index contributed by atoms with van der Waals surface area (Å²) in [6.07, 6.45) is 2.54. The van der Waals surface area contributed by atoms with Crippen molar-refractivity contribution in [3.8, 4) is 17.2 Å². The van der Waals surface area contributed by atoms with Crippen LogP contribution in [0.2, 0.25) is 0 Å². The second-order valence-corrected chi connectivity index (χ2v) is 5.45. The molecule has 0 bridgehead atoms. The average molecular weight is 308 g/mol. The van der Waals surface area contributed by atoms with Gasteiger partial charge in [0.15, 0.2) is 11.5 Å². The van der Waals surface area contributed by atoms with E-state index in [2.05, 4.69) is 4.98 Å². The SMILES string of the molecule is COc1cc(OC)c(OC)cc1CC(CN)c1nccs1. The highest BCUT2D eigenvalue weighted by atomic mass is 32.1. The average Bonchev–Trinajstić information content (AvgIpc) is 3.05. The van der Waals surface area contributed by atoms with Gasteiger partial charge in [0.05, 0.1) is 26.3 Å². The lowest BCUT2D eigenvalue weighted by molar-refractivity contribution is 0.347. The zero-order valence-corrected chi connectivity index (χ0v) is 13.3. The summed E-state index contributed by atoms with van der Waals surface area (Å²) in [5, 5.41) is 3.00. The fourth-order valence-corrected chi connectivity index (χ4v) is 2.98. The lowest BCUT2D eigenvalue weighted by Gasteiger charge is -2.17. The number of nitrogens with two attached hydrogens (primary N) is 1. The molecule has 0 spiro atoms. The van der Waals surface area contributed by atoms with E-state index in [0.717, 1.165) is 22.7 Å². The van der Waals surface area contributed by atoms with Crippen LogP contribution in [0.3, 0.4) is 0 Å².